The largest absolute Gasteiger partial charge is 0.478 e. The van der Waals surface area contributed by atoms with Crippen molar-refractivity contribution >= 4 is 40.6 Å². The number of carbonyl (C=O) groups excluding carboxylic acids is 3. The first kappa shape index (κ1) is 34.8. The fourth-order valence-corrected chi connectivity index (χ4v) is 9.65. The molecular weight excluding hydrogens is 679 g/mol. The van der Waals surface area contributed by atoms with Crippen molar-refractivity contribution in [1.82, 2.24) is 15.1 Å². The average molecular weight is 728 g/mol. The van der Waals surface area contributed by atoms with Crippen LogP contribution in [0.2, 0.25) is 0 Å². The topological polar surface area (TPSA) is 114 Å². The number of nitrogens with one attached hydrogen (secondary N) is 1. The van der Waals surface area contributed by atoms with E-state index in [4.69, 9.17) is 0 Å². The molecule has 2 aliphatic carbocycles. The maximum Gasteiger partial charge on any atom is 0.335 e. The molecular formula is C44H49N5O5. The number of piperazine rings is 1. The fourth-order valence-electron chi connectivity index (χ4n) is 9.65. The Balaban J connectivity index is 0.783. The number of anilines is 2. The molecule has 0 spiro atoms. The van der Waals surface area contributed by atoms with Crippen LogP contribution in [0, 0.1) is 11.8 Å². The Morgan fingerprint density at radius 2 is 1.44 bits per heavy atom. The molecule has 1 atom stereocenters. The quantitative estimate of drug-likeness (QED) is 0.283. The molecule has 0 aromatic heterocycles. The van der Waals surface area contributed by atoms with E-state index in [0.717, 1.165) is 81.9 Å². The molecule has 4 heterocycles. The molecule has 3 amide bonds. The molecule has 3 aromatic carbocycles. The summed E-state index contributed by atoms with van der Waals surface area (Å²) in [6.45, 7) is 7.56. The number of rotatable bonds is 8. The SMILES string of the molecule is O=C1CC[C@H](N2Cc3cc(N4CCN(CC5CCN(c6ccc(C7=C(C8CC8)CCCc8cc(C(=O)O)ccc87)cc6)CC5)CC4)ccc3C2=O)C(=O)N1. The minimum absolute atomic E-state index is 0.126. The van der Waals surface area contributed by atoms with Gasteiger partial charge in [0.05, 0.1) is 5.56 Å². The lowest BCUT2D eigenvalue weighted by molar-refractivity contribution is -0.136. The lowest BCUT2D eigenvalue weighted by atomic mass is 9.88. The Hall–Kier alpha value is -4.96. The monoisotopic (exact) mass is 727 g/mol. The zero-order valence-electron chi connectivity index (χ0n) is 30.9. The molecule has 1 saturated carbocycles. The first-order chi connectivity index (χ1) is 26.3. The van der Waals surface area contributed by atoms with Gasteiger partial charge >= 0.3 is 5.97 Å². The van der Waals surface area contributed by atoms with Gasteiger partial charge in [0.2, 0.25) is 11.8 Å². The second kappa shape index (κ2) is 14.4. The number of piperidine rings is 2. The predicted octanol–water partition coefficient (Wildman–Crippen LogP) is 5.73. The van der Waals surface area contributed by atoms with Crippen molar-refractivity contribution in [3.05, 3.63) is 99.6 Å². The van der Waals surface area contributed by atoms with E-state index in [-0.39, 0.29) is 24.1 Å². The standard InChI is InChI=1S/C44H49N5O5/c50-40-15-14-39(42(51)45-40)49-27-33-25-35(11-13-38(33)43(49)52)48-22-20-46(21-23-48)26-28-16-18-47(19-17-28)34-9-6-30(7-10-34)41-36(29-4-5-29)3-1-2-31-24-32(44(53)54)8-12-37(31)41/h6-13,24-25,28-29,39H,1-5,14-23,26-27H2,(H,53,54)(H,45,50,51)/t39-/m0/s1. The average Bonchev–Trinajstić information content (AvgIpc) is 4.00. The molecule has 4 fully saturated rings. The summed E-state index contributed by atoms with van der Waals surface area (Å²) in [5, 5.41) is 12.0. The van der Waals surface area contributed by atoms with E-state index in [0.29, 0.717) is 35.9 Å². The number of hydrogen-bond acceptors (Lipinski definition) is 7. The molecule has 0 radical (unpaired) electrons. The number of fused-ring (bicyclic) bond motifs is 2. The first-order valence-electron chi connectivity index (χ1n) is 20.0. The van der Waals surface area contributed by atoms with Gasteiger partial charge in [-0.2, -0.15) is 0 Å². The Bertz CT molecular complexity index is 2020. The Kier molecular flexibility index (Phi) is 9.25. The number of nitrogens with zero attached hydrogens (tertiary/aromatic N) is 4. The van der Waals surface area contributed by atoms with Crippen LogP contribution in [0.5, 0.6) is 0 Å². The highest BCUT2D eigenvalue weighted by Crippen LogP contribution is 2.47. The minimum atomic E-state index is -0.860. The molecule has 0 unspecified atom stereocenters. The summed E-state index contributed by atoms with van der Waals surface area (Å²) < 4.78 is 0. The normalized spacial score (nSPS) is 22.6. The molecule has 6 aliphatic rings. The zero-order chi connectivity index (χ0) is 36.9. The third kappa shape index (κ3) is 6.81. The number of amides is 3. The zero-order valence-corrected chi connectivity index (χ0v) is 30.9. The molecule has 10 heteroatoms. The van der Waals surface area contributed by atoms with Gasteiger partial charge < -0.3 is 19.8 Å². The summed E-state index contributed by atoms with van der Waals surface area (Å²) in [6.07, 6.45) is 8.60. The van der Waals surface area contributed by atoms with Crippen LogP contribution in [0.4, 0.5) is 11.4 Å². The lowest BCUT2D eigenvalue weighted by Crippen LogP contribution is -2.52. The van der Waals surface area contributed by atoms with Crippen LogP contribution in [0.1, 0.15) is 94.3 Å². The van der Waals surface area contributed by atoms with Gasteiger partial charge in [0.25, 0.3) is 5.91 Å². The van der Waals surface area contributed by atoms with Crippen LogP contribution in [-0.4, -0.2) is 90.5 Å². The third-order valence-corrected chi connectivity index (χ3v) is 12.8. The Labute approximate surface area is 316 Å². The number of allylic oxidation sites excluding steroid dienone is 1. The first-order valence-corrected chi connectivity index (χ1v) is 20.0. The number of imide groups is 1. The Morgan fingerprint density at radius 3 is 2.17 bits per heavy atom. The van der Waals surface area contributed by atoms with Crippen molar-refractivity contribution in [2.45, 2.75) is 70.4 Å². The van der Waals surface area contributed by atoms with Crippen LogP contribution in [-0.2, 0) is 22.6 Å². The van der Waals surface area contributed by atoms with Crippen LogP contribution in [0.3, 0.4) is 0 Å². The van der Waals surface area contributed by atoms with Crippen molar-refractivity contribution in [1.29, 1.82) is 0 Å². The number of aromatic carboxylic acids is 1. The van der Waals surface area contributed by atoms with Crippen LogP contribution < -0.4 is 15.1 Å². The molecule has 0 bridgehead atoms. The van der Waals surface area contributed by atoms with Gasteiger partial charge in [-0.3, -0.25) is 24.6 Å². The van der Waals surface area contributed by atoms with Crippen molar-refractivity contribution in [3.8, 4) is 0 Å². The molecule has 3 aromatic rings. The number of benzene rings is 3. The number of carbonyl (C=O) groups is 4. The summed E-state index contributed by atoms with van der Waals surface area (Å²) >= 11 is 0. The van der Waals surface area contributed by atoms with Gasteiger partial charge in [-0.1, -0.05) is 23.8 Å². The van der Waals surface area contributed by atoms with Gasteiger partial charge in [-0.15, -0.1) is 0 Å². The third-order valence-electron chi connectivity index (χ3n) is 12.8. The molecule has 54 heavy (non-hydrogen) atoms. The number of carboxylic acid groups (broad SMARTS) is 1. The smallest absolute Gasteiger partial charge is 0.335 e. The fraction of sp³-hybridized carbons (Fsp3) is 0.455. The van der Waals surface area contributed by atoms with E-state index in [1.54, 1.807) is 16.5 Å². The highest BCUT2D eigenvalue weighted by atomic mass is 16.4. The highest BCUT2D eigenvalue weighted by Gasteiger charge is 2.39. The lowest BCUT2D eigenvalue weighted by Gasteiger charge is -2.40. The van der Waals surface area contributed by atoms with E-state index >= 15 is 0 Å². The van der Waals surface area contributed by atoms with Crippen molar-refractivity contribution < 1.29 is 24.3 Å². The van der Waals surface area contributed by atoms with E-state index < -0.39 is 12.0 Å². The summed E-state index contributed by atoms with van der Waals surface area (Å²) in [6, 6.07) is 20.4. The Morgan fingerprint density at radius 1 is 0.722 bits per heavy atom. The van der Waals surface area contributed by atoms with E-state index in [1.165, 1.54) is 48.1 Å². The van der Waals surface area contributed by atoms with Crippen molar-refractivity contribution in [2.24, 2.45) is 11.8 Å². The highest BCUT2D eigenvalue weighted by molar-refractivity contribution is 6.05. The van der Waals surface area contributed by atoms with Crippen molar-refractivity contribution in [2.75, 3.05) is 55.6 Å². The molecule has 3 saturated heterocycles. The second-order valence-electron chi connectivity index (χ2n) is 16.2. The van der Waals surface area contributed by atoms with Gasteiger partial charge in [0, 0.05) is 75.7 Å². The van der Waals surface area contributed by atoms with Crippen LogP contribution in [0.15, 0.2) is 66.2 Å². The number of hydrogen-bond donors (Lipinski definition) is 2. The van der Waals surface area contributed by atoms with Gasteiger partial charge in [0.15, 0.2) is 0 Å². The van der Waals surface area contributed by atoms with Crippen molar-refractivity contribution in [3.63, 3.8) is 0 Å². The molecule has 9 rings (SSSR count). The van der Waals surface area contributed by atoms with E-state index in [2.05, 4.69) is 56.4 Å². The number of carboxylic acids is 1. The van der Waals surface area contributed by atoms with Crippen LogP contribution in [0.25, 0.3) is 5.57 Å². The summed E-state index contributed by atoms with van der Waals surface area (Å²) in [4.78, 5) is 58.1. The van der Waals surface area contributed by atoms with Crippen LogP contribution >= 0.6 is 0 Å². The second-order valence-corrected chi connectivity index (χ2v) is 16.2. The summed E-state index contributed by atoms with van der Waals surface area (Å²) in [5.74, 6) is -0.284. The minimum Gasteiger partial charge on any atom is -0.478 e. The maximum absolute atomic E-state index is 13.1. The summed E-state index contributed by atoms with van der Waals surface area (Å²) in [5.41, 5.74) is 10.9. The maximum atomic E-state index is 13.1. The van der Waals surface area contributed by atoms with E-state index in [9.17, 15) is 24.3 Å². The van der Waals surface area contributed by atoms with Gasteiger partial charge in [-0.05, 0) is 133 Å². The predicted molar refractivity (Wildman–Crippen MR) is 208 cm³/mol. The molecule has 4 aliphatic heterocycles. The number of aryl methyl sites for hydroxylation is 1. The molecule has 2 N–H and O–H groups in total. The summed E-state index contributed by atoms with van der Waals surface area (Å²) in [7, 11) is 0. The molecule has 280 valence electrons. The van der Waals surface area contributed by atoms with Gasteiger partial charge in [-0.25, -0.2) is 4.79 Å². The molecule has 10 nitrogen and oxygen atoms in total. The van der Waals surface area contributed by atoms with E-state index in [1.807, 2.05) is 18.2 Å². The van der Waals surface area contributed by atoms with Gasteiger partial charge in [0.1, 0.15) is 6.04 Å².